The van der Waals surface area contributed by atoms with Crippen LogP contribution in [0.2, 0.25) is 0 Å². The first-order valence-corrected chi connectivity index (χ1v) is 3.93. The van der Waals surface area contributed by atoms with E-state index in [1.807, 2.05) is 6.92 Å². The second-order valence-electron chi connectivity index (χ2n) is 3.06. The summed E-state index contributed by atoms with van der Waals surface area (Å²) in [4.78, 5) is 0. The van der Waals surface area contributed by atoms with Crippen LogP contribution in [0.5, 0.6) is 0 Å². The van der Waals surface area contributed by atoms with Gasteiger partial charge in [-0.2, -0.15) is 0 Å². The van der Waals surface area contributed by atoms with Crippen molar-refractivity contribution in [3.8, 4) is 0 Å². The highest BCUT2D eigenvalue weighted by atomic mass is 16.3. The van der Waals surface area contributed by atoms with Crippen molar-refractivity contribution in [3.05, 3.63) is 12.2 Å². The molecule has 2 atom stereocenters. The summed E-state index contributed by atoms with van der Waals surface area (Å²) in [7, 11) is 0. The Morgan fingerprint density at radius 3 is 2.40 bits per heavy atom. The van der Waals surface area contributed by atoms with Gasteiger partial charge in [-0.3, -0.25) is 0 Å². The van der Waals surface area contributed by atoms with Crippen LogP contribution in [0.4, 0.5) is 0 Å². The van der Waals surface area contributed by atoms with Crippen molar-refractivity contribution in [2.24, 2.45) is 5.92 Å². The highest BCUT2D eigenvalue weighted by Crippen LogP contribution is 2.15. The molecule has 0 saturated heterocycles. The van der Waals surface area contributed by atoms with Crippen molar-refractivity contribution in [2.45, 2.75) is 39.7 Å². The summed E-state index contributed by atoms with van der Waals surface area (Å²) in [5, 5.41) is 9.43. The number of hydrogen-bond acceptors (Lipinski definition) is 1. The van der Waals surface area contributed by atoms with Crippen LogP contribution in [0.15, 0.2) is 12.2 Å². The van der Waals surface area contributed by atoms with E-state index in [-0.39, 0.29) is 6.10 Å². The van der Waals surface area contributed by atoms with Gasteiger partial charge in [0, 0.05) is 0 Å². The first-order chi connectivity index (χ1) is 4.59. The predicted molar refractivity (Wildman–Crippen MR) is 44.9 cm³/mol. The Hall–Kier alpha value is -0.300. The van der Waals surface area contributed by atoms with Crippen LogP contribution in [0.25, 0.3) is 0 Å². The van der Waals surface area contributed by atoms with Gasteiger partial charge in [0.15, 0.2) is 0 Å². The van der Waals surface area contributed by atoms with Gasteiger partial charge in [0.25, 0.3) is 0 Å². The second kappa shape index (κ2) is 4.51. The zero-order chi connectivity index (χ0) is 8.15. The fourth-order valence-corrected chi connectivity index (χ4v) is 1.10. The van der Waals surface area contributed by atoms with Crippen LogP contribution in [0.1, 0.15) is 33.6 Å². The lowest BCUT2D eigenvalue weighted by atomic mass is 9.95. The van der Waals surface area contributed by atoms with Gasteiger partial charge in [-0.25, -0.2) is 0 Å². The smallest absolute Gasteiger partial charge is 0.0770 e. The van der Waals surface area contributed by atoms with E-state index in [0.717, 1.165) is 18.4 Å². The van der Waals surface area contributed by atoms with Crippen LogP contribution in [0.3, 0.4) is 0 Å². The predicted octanol–water partition coefficient (Wildman–Crippen LogP) is 2.36. The van der Waals surface area contributed by atoms with Gasteiger partial charge in [-0.1, -0.05) is 32.4 Å². The highest BCUT2D eigenvalue weighted by molar-refractivity contribution is 4.98. The van der Waals surface area contributed by atoms with Gasteiger partial charge >= 0.3 is 0 Å². The Labute approximate surface area is 63.8 Å². The summed E-state index contributed by atoms with van der Waals surface area (Å²) in [6.45, 7) is 9.77. The Balaban J connectivity index is 3.69. The minimum absolute atomic E-state index is 0.306. The van der Waals surface area contributed by atoms with Crippen molar-refractivity contribution in [1.29, 1.82) is 0 Å². The van der Waals surface area contributed by atoms with Gasteiger partial charge in [0.05, 0.1) is 6.10 Å². The van der Waals surface area contributed by atoms with Crippen molar-refractivity contribution in [3.63, 3.8) is 0 Å². The van der Waals surface area contributed by atoms with Crippen molar-refractivity contribution >= 4 is 0 Å². The molecule has 0 rings (SSSR count). The van der Waals surface area contributed by atoms with E-state index < -0.39 is 0 Å². The average Bonchev–Trinajstić information content (AvgIpc) is 1.87. The molecular weight excluding hydrogens is 124 g/mol. The van der Waals surface area contributed by atoms with Crippen molar-refractivity contribution in [1.82, 2.24) is 0 Å². The maximum atomic E-state index is 9.43. The fraction of sp³-hybridized carbons (Fsp3) is 0.778. The second-order valence-corrected chi connectivity index (χ2v) is 3.06. The summed E-state index contributed by atoms with van der Waals surface area (Å²) >= 11 is 0. The number of aliphatic hydroxyl groups is 1. The summed E-state index contributed by atoms with van der Waals surface area (Å²) in [6.07, 6.45) is 1.90. The SMILES string of the molecule is C=C(C)C(O)C(C)CCC. The third-order valence-corrected chi connectivity index (χ3v) is 1.79. The maximum Gasteiger partial charge on any atom is 0.0770 e. The molecule has 1 N–H and O–H groups in total. The summed E-state index contributed by atoms with van der Waals surface area (Å²) in [5.41, 5.74) is 0.876. The molecule has 0 aromatic carbocycles. The molecule has 0 spiro atoms. The zero-order valence-corrected chi connectivity index (χ0v) is 7.22. The highest BCUT2D eigenvalue weighted by Gasteiger charge is 2.12. The molecule has 0 heterocycles. The standard InChI is InChI=1S/C9H18O/c1-5-6-8(4)9(10)7(2)3/h8-10H,2,5-6H2,1,3-4H3. The van der Waals surface area contributed by atoms with Gasteiger partial charge in [0.1, 0.15) is 0 Å². The molecule has 2 unspecified atom stereocenters. The number of hydrogen-bond donors (Lipinski definition) is 1. The number of aliphatic hydroxyl groups excluding tert-OH is 1. The molecule has 0 aliphatic rings. The largest absolute Gasteiger partial charge is 0.389 e. The van der Waals surface area contributed by atoms with Crippen LogP contribution < -0.4 is 0 Å². The van der Waals surface area contributed by atoms with Crippen LogP contribution in [-0.4, -0.2) is 11.2 Å². The lowest BCUT2D eigenvalue weighted by Crippen LogP contribution is -2.17. The molecule has 60 valence electrons. The zero-order valence-electron chi connectivity index (χ0n) is 7.22. The Kier molecular flexibility index (Phi) is 4.37. The van der Waals surface area contributed by atoms with E-state index in [0.29, 0.717) is 5.92 Å². The monoisotopic (exact) mass is 142 g/mol. The molecular formula is C9H18O. The van der Waals surface area contributed by atoms with E-state index in [4.69, 9.17) is 0 Å². The molecule has 0 aliphatic carbocycles. The van der Waals surface area contributed by atoms with E-state index in [1.54, 1.807) is 0 Å². The number of rotatable bonds is 4. The van der Waals surface area contributed by atoms with Crippen molar-refractivity contribution < 1.29 is 5.11 Å². The molecule has 1 nitrogen and oxygen atoms in total. The quantitative estimate of drug-likeness (QED) is 0.597. The summed E-state index contributed by atoms with van der Waals surface area (Å²) < 4.78 is 0. The molecule has 0 saturated carbocycles. The van der Waals surface area contributed by atoms with Crippen LogP contribution in [-0.2, 0) is 0 Å². The van der Waals surface area contributed by atoms with E-state index >= 15 is 0 Å². The molecule has 0 aromatic rings. The van der Waals surface area contributed by atoms with Gasteiger partial charge in [0.2, 0.25) is 0 Å². The lowest BCUT2D eigenvalue weighted by molar-refractivity contribution is 0.145. The van der Waals surface area contributed by atoms with Gasteiger partial charge in [-0.15, -0.1) is 0 Å². The van der Waals surface area contributed by atoms with Gasteiger partial charge in [-0.05, 0) is 19.3 Å². The normalized spacial score (nSPS) is 16.4. The third-order valence-electron chi connectivity index (χ3n) is 1.79. The molecule has 0 amide bonds. The first kappa shape index (κ1) is 9.70. The molecule has 1 heteroatoms. The molecule has 10 heavy (non-hydrogen) atoms. The topological polar surface area (TPSA) is 20.2 Å². The Morgan fingerprint density at radius 1 is 1.60 bits per heavy atom. The van der Waals surface area contributed by atoms with E-state index in [1.165, 1.54) is 0 Å². The summed E-state index contributed by atoms with van der Waals surface area (Å²) in [5.74, 6) is 0.363. The average molecular weight is 142 g/mol. The minimum atomic E-state index is -0.306. The third kappa shape index (κ3) is 3.02. The fourth-order valence-electron chi connectivity index (χ4n) is 1.10. The Morgan fingerprint density at radius 2 is 2.10 bits per heavy atom. The van der Waals surface area contributed by atoms with E-state index in [9.17, 15) is 5.11 Å². The van der Waals surface area contributed by atoms with Crippen LogP contribution >= 0.6 is 0 Å². The maximum absolute atomic E-state index is 9.43. The molecule has 0 bridgehead atoms. The molecule has 0 aliphatic heterocycles. The minimum Gasteiger partial charge on any atom is -0.389 e. The lowest BCUT2D eigenvalue weighted by Gasteiger charge is -2.17. The van der Waals surface area contributed by atoms with Crippen LogP contribution in [0, 0.1) is 5.92 Å². The van der Waals surface area contributed by atoms with E-state index in [2.05, 4.69) is 20.4 Å². The summed E-state index contributed by atoms with van der Waals surface area (Å²) in [6, 6.07) is 0. The van der Waals surface area contributed by atoms with Crippen molar-refractivity contribution in [2.75, 3.05) is 0 Å². The first-order valence-electron chi connectivity index (χ1n) is 3.93. The Bertz CT molecular complexity index is 107. The molecule has 0 fully saturated rings. The molecule has 0 radical (unpaired) electrons. The van der Waals surface area contributed by atoms with Gasteiger partial charge < -0.3 is 5.11 Å². The molecule has 0 aromatic heterocycles.